The van der Waals surface area contributed by atoms with Gasteiger partial charge < -0.3 is 19.6 Å². The van der Waals surface area contributed by atoms with Crippen molar-refractivity contribution < 1.29 is 23.8 Å². The Labute approximate surface area is 187 Å². The van der Waals surface area contributed by atoms with Crippen molar-refractivity contribution in [3.63, 3.8) is 0 Å². The van der Waals surface area contributed by atoms with Gasteiger partial charge >= 0.3 is 0 Å². The molecule has 1 aliphatic heterocycles. The number of nitrogens with zero attached hydrogens (tertiary/aromatic N) is 2. The molecule has 3 rings (SSSR count). The van der Waals surface area contributed by atoms with Crippen molar-refractivity contribution in [1.82, 2.24) is 9.80 Å². The number of Topliss-reactive ketones (excluding diaryl/α,β-unsaturated/α-hetero) is 1. The number of rotatable bonds is 8. The topological polar surface area (TPSA) is 70.1 Å². The Kier molecular flexibility index (Phi) is 7.30. The molecule has 0 aromatic heterocycles. The summed E-state index contributed by atoms with van der Waals surface area (Å²) in [6.45, 7) is 5.22. The lowest BCUT2D eigenvalue weighted by molar-refractivity contribution is -0.140. The largest absolute Gasteiger partial charge is 0.507 e. The van der Waals surface area contributed by atoms with E-state index in [1.807, 2.05) is 32.8 Å². The van der Waals surface area contributed by atoms with Crippen molar-refractivity contribution in [2.75, 3.05) is 33.8 Å². The highest BCUT2D eigenvalue weighted by Crippen LogP contribution is 2.40. The molecule has 0 radical (unpaired) electrons. The van der Waals surface area contributed by atoms with Crippen LogP contribution in [-0.4, -0.2) is 60.4 Å². The quantitative estimate of drug-likeness (QED) is 0.383. The summed E-state index contributed by atoms with van der Waals surface area (Å²) in [5, 5.41) is 11.2. The van der Waals surface area contributed by atoms with Gasteiger partial charge in [-0.2, -0.15) is 0 Å². The van der Waals surface area contributed by atoms with Crippen LogP contribution in [0.5, 0.6) is 5.75 Å². The summed E-state index contributed by atoms with van der Waals surface area (Å²) in [6, 6.07) is 10.1. The van der Waals surface area contributed by atoms with Gasteiger partial charge in [0, 0.05) is 18.7 Å². The number of amides is 1. The third-order valence-corrected chi connectivity index (χ3v) is 5.44. The normalized spacial score (nSPS) is 17.9. The first-order valence-electron chi connectivity index (χ1n) is 10.7. The number of likely N-dealkylation sites (N-methyl/N-ethyl adjacent to an activating group) is 1. The second kappa shape index (κ2) is 9.96. The molecule has 0 spiro atoms. The first-order valence-corrected chi connectivity index (χ1v) is 10.7. The van der Waals surface area contributed by atoms with Crippen LogP contribution in [-0.2, 0) is 9.59 Å². The number of halogens is 1. The number of benzene rings is 2. The minimum atomic E-state index is -0.800. The summed E-state index contributed by atoms with van der Waals surface area (Å²) in [5.74, 6) is -1.42. The molecule has 1 N–H and O–H groups in total. The van der Waals surface area contributed by atoms with Crippen molar-refractivity contribution >= 4 is 17.4 Å². The molecule has 1 fully saturated rings. The molecule has 6 nitrogen and oxygen atoms in total. The number of aliphatic hydroxyl groups is 1. The average Bonchev–Trinajstić information content (AvgIpc) is 3.01. The fraction of sp³-hybridized carbons (Fsp3) is 0.360. The first kappa shape index (κ1) is 23.5. The molecule has 0 unspecified atom stereocenters. The van der Waals surface area contributed by atoms with Crippen LogP contribution in [0.1, 0.15) is 36.1 Å². The van der Waals surface area contributed by atoms with E-state index in [9.17, 15) is 19.1 Å². The van der Waals surface area contributed by atoms with Crippen molar-refractivity contribution in [2.45, 2.75) is 26.3 Å². The van der Waals surface area contributed by atoms with Crippen LogP contribution in [0.4, 0.5) is 4.39 Å². The molecule has 0 aliphatic carbocycles. The van der Waals surface area contributed by atoms with Gasteiger partial charge in [-0.3, -0.25) is 9.59 Å². The van der Waals surface area contributed by atoms with Crippen molar-refractivity contribution in [2.24, 2.45) is 0 Å². The Morgan fingerprint density at radius 1 is 1.16 bits per heavy atom. The van der Waals surface area contributed by atoms with Gasteiger partial charge in [0.15, 0.2) is 0 Å². The zero-order chi connectivity index (χ0) is 23.4. The molecule has 0 saturated carbocycles. The molecule has 170 valence electrons. The van der Waals surface area contributed by atoms with Gasteiger partial charge in [0.05, 0.1) is 18.2 Å². The van der Waals surface area contributed by atoms with Crippen LogP contribution in [0.2, 0.25) is 0 Å². The number of hydrogen-bond acceptors (Lipinski definition) is 5. The predicted molar refractivity (Wildman–Crippen MR) is 121 cm³/mol. The zero-order valence-electron chi connectivity index (χ0n) is 18.9. The van der Waals surface area contributed by atoms with E-state index in [1.54, 1.807) is 18.2 Å². The summed E-state index contributed by atoms with van der Waals surface area (Å²) in [7, 11) is 3.74. The fourth-order valence-corrected chi connectivity index (χ4v) is 3.77. The first-order chi connectivity index (χ1) is 15.2. The van der Waals surface area contributed by atoms with Gasteiger partial charge in [-0.05, 0) is 68.9 Å². The van der Waals surface area contributed by atoms with Crippen LogP contribution >= 0.6 is 0 Å². The molecule has 1 atom stereocenters. The number of aliphatic hydroxyl groups excluding tert-OH is 1. The minimum Gasteiger partial charge on any atom is -0.507 e. The highest BCUT2D eigenvalue weighted by Gasteiger charge is 2.46. The molecule has 2 aromatic rings. The highest BCUT2D eigenvalue weighted by molar-refractivity contribution is 6.46. The highest BCUT2D eigenvalue weighted by atomic mass is 19.1. The van der Waals surface area contributed by atoms with Crippen LogP contribution in [0, 0.1) is 12.7 Å². The molecule has 32 heavy (non-hydrogen) atoms. The van der Waals surface area contributed by atoms with Gasteiger partial charge in [-0.1, -0.05) is 19.1 Å². The Balaban J connectivity index is 2.10. The van der Waals surface area contributed by atoms with Gasteiger partial charge in [-0.25, -0.2) is 4.39 Å². The lowest BCUT2D eigenvalue weighted by Crippen LogP contribution is -2.35. The maximum absolute atomic E-state index is 13.6. The minimum absolute atomic E-state index is 0.00527. The van der Waals surface area contributed by atoms with E-state index in [-0.39, 0.29) is 11.3 Å². The number of carbonyl (C=O) groups excluding carboxylic acids is 2. The summed E-state index contributed by atoms with van der Waals surface area (Å²) in [4.78, 5) is 29.3. The molecule has 0 bridgehead atoms. The standard InChI is InChI=1S/C25H29FN2O4/c1-5-14-32-19-10-11-20(16(2)15-19)23(29)21-22(17-6-8-18(26)9-7-17)28(13-12-27(3)4)25(31)24(21)30/h6-11,15,22,29H,5,12-14H2,1-4H3/t22-/m0/s1. The third kappa shape index (κ3) is 4.83. The molecular weight excluding hydrogens is 411 g/mol. The fourth-order valence-electron chi connectivity index (χ4n) is 3.77. The van der Waals surface area contributed by atoms with Crippen molar-refractivity contribution in [1.29, 1.82) is 0 Å². The number of ether oxygens (including phenoxy) is 1. The second-order valence-corrected chi connectivity index (χ2v) is 8.17. The Morgan fingerprint density at radius 3 is 2.44 bits per heavy atom. The van der Waals surface area contributed by atoms with Crippen molar-refractivity contribution in [3.05, 3.63) is 70.5 Å². The average molecular weight is 441 g/mol. The van der Waals surface area contributed by atoms with E-state index in [2.05, 4.69) is 0 Å². The van der Waals surface area contributed by atoms with Crippen molar-refractivity contribution in [3.8, 4) is 5.75 Å². The van der Waals surface area contributed by atoms with Gasteiger partial charge in [-0.15, -0.1) is 0 Å². The number of hydrogen-bond donors (Lipinski definition) is 1. The van der Waals surface area contributed by atoms with Crippen LogP contribution in [0.25, 0.3) is 5.76 Å². The maximum Gasteiger partial charge on any atom is 0.295 e. The summed E-state index contributed by atoms with van der Waals surface area (Å²) in [5.41, 5.74) is 1.73. The Bertz CT molecular complexity index is 1030. The number of ketones is 1. The monoisotopic (exact) mass is 440 g/mol. The molecular formula is C25H29FN2O4. The summed E-state index contributed by atoms with van der Waals surface area (Å²) in [6.07, 6.45) is 0.870. The SMILES string of the molecule is CCCOc1ccc(C(O)=C2C(=O)C(=O)N(CCN(C)C)[C@H]2c2ccc(F)cc2)c(C)c1. The maximum atomic E-state index is 13.6. The Hall–Kier alpha value is -3.19. The number of aryl methyl sites for hydroxylation is 1. The second-order valence-electron chi connectivity index (χ2n) is 8.17. The summed E-state index contributed by atoms with van der Waals surface area (Å²) < 4.78 is 19.2. The van der Waals surface area contributed by atoms with Crippen LogP contribution in [0.15, 0.2) is 48.0 Å². The molecule has 7 heteroatoms. The summed E-state index contributed by atoms with van der Waals surface area (Å²) >= 11 is 0. The zero-order valence-corrected chi connectivity index (χ0v) is 18.9. The third-order valence-electron chi connectivity index (χ3n) is 5.44. The van der Waals surface area contributed by atoms with E-state index in [4.69, 9.17) is 4.74 Å². The van der Waals surface area contributed by atoms with Gasteiger partial charge in [0.2, 0.25) is 0 Å². The van der Waals surface area contributed by atoms with Gasteiger partial charge in [0.1, 0.15) is 17.3 Å². The lowest BCUT2D eigenvalue weighted by Gasteiger charge is -2.26. The van der Waals surface area contributed by atoms with E-state index in [1.165, 1.54) is 29.2 Å². The molecule has 1 amide bonds. The predicted octanol–water partition coefficient (Wildman–Crippen LogP) is 3.91. The molecule has 1 aliphatic rings. The van der Waals surface area contributed by atoms with Crippen LogP contribution < -0.4 is 4.74 Å². The van der Waals surface area contributed by atoms with E-state index in [0.29, 0.717) is 42.1 Å². The van der Waals surface area contributed by atoms with Gasteiger partial charge in [0.25, 0.3) is 11.7 Å². The van der Waals surface area contributed by atoms with E-state index >= 15 is 0 Å². The molecule has 1 saturated heterocycles. The lowest BCUT2D eigenvalue weighted by atomic mass is 9.94. The molecule has 2 aromatic carbocycles. The van der Waals surface area contributed by atoms with E-state index < -0.39 is 23.5 Å². The van der Waals surface area contributed by atoms with E-state index in [0.717, 1.165) is 6.42 Å². The number of likely N-dealkylation sites (tertiary alicyclic amines) is 1. The number of carbonyl (C=O) groups is 2. The molecule has 1 heterocycles. The van der Waals surface area contributed by atoms with Crippen LogP contribution in [0.3, 0.4) is 0 Å². The smallest absolute Gasteiger partial charge is 0.295 e. The Morgan fingerprint density at radius 2 is 1.84 bits per heavy atom.